The minimum Gasteiger partial charge on any atom is -0.489 e. The normalized spacial score (nSPS) is 15.3. The molecule has 1 atom stereocenters. The first-order valence-corrected chi connectivity index (χ1v) is 9.58. The molecule has 1 aliphatic heterocycles. The van der Waals surface area contributed by atoms with Crippen molar-refractivity contribution in [2.45, 2.75) is 38.8 Å². The fourth-order valence-corrected chi connectivity index (χ4v) is 3.50. The lowest BCUT2D eigenvalue weighted by atomic mass is 9.98. The molecule has 0 radical (unpaired) electrons. The van der Waals surface area contributed by atoms with Gasteiger partial charge in [0.2, 0.25) is 0 Å². The minimum atomic E-state index is 0. The first-order chi connectivity index (χ1) is 12.4. The van der Waals surface area contributed by atoms with Gasteiger partial charge in [0.25, 0.3) is 0 Å². The maximum atomic E-state index is 6.04. The molecule has 0 aromatic heterocycles. The van der Waals surface area contributed by atoms with Gasteiger partial charge in [-0.15, -0.1) is 24.8 Å². The highest BCUT2D eigenvalue weighted by Gasteiger charge is 2.21. The standard InChI is InChI=1S/C22H30N2O.2ClH/c1-2-3-12-22(24-15-13-23-14-16-24)20-10-7-11-21(17-20)25-18-19-8-5-4-6-9-19;;/h4-11,17,22-23H,2-3,12-16,18H2,1H3;2*1H/t22-;;/m0../s1. The van der Waals surface area contributed by atoms with Crippen LogP contribution in [0.5, 0.6) is 5.75 Å². The topological polar surface area (TPSA) is 24.5 Å². The zero-order valence-corrected chi connectivity index (χ0v) is 17.7. The summed E-state index contributed by atoms with van der Waals surface area (Å²) in [5.74, 6) is 0.970. The van der Waals surface area contributed by atoms with Crippen molar-refractivity contribution in [1.82, 2.24) is 10.2 Å². The van der Waals surface area contributed by atoms with Crippen LogP contribution >= 0.6 is 24.8 Å². The Morgan fingerprint density at radius 2 is 1.74 bits per heavy atom. The van der Waals surface area contributed by atoms with Crippen LogP contribution in [-0.2, 0) is 6.61 Å². The molecular weight excluding hydrogens is 379 g/mol. The van der Waals surface area contributed by atoms with Gasteiger partial charge < -0.3 is 10.1 Å². The molecule has 5 heteroatoms. The Labute approximate surface area is 176 Å². The molecule has 2 aromatic rings. The van der Waals surface area contributed by atoms with Crippen LogP contribution in [0.2, 0.25) is 0 Å². The molecule has 1 aliphatic rings. The van der Waals surface area contributed by atoms with Crippen LogP contribution < -0.4 is 10.1 Å². The third kappa shape index (κ3) is 7.34. The van der Waals surface area contributed by atoms with Gasteiger partial charge >= 0.3 is 0 Å². The quantitative estimate of drug-likeness (QED) is 0.643. The van der Waals surface area contributed by atoms with E-state index in [0.717, 1.165) is 31.9 Å². The molecule has 1 saturated heterocycles. The molecule has 0 amide bonds. The van der Waals surface area contributed by atoms with Crippen LogP contribution in [0.15, 0.2) is 54.6 Å². The molecule has 0 spiro atoms. The molecule has 1 heterocycles. The highest BCUT2D eigenvalue weighted by molar-refractivity contribution is 5.85. The first kappa shape index (κ1) is 23.8. The molecule has 3 rings (SSSR count). The number of ether oxygens (including phenoxy) is 1. The number of unbranched alkanes of at least 4 members (excludes halogenated alkanes) is 1. The summed E-state index contributed by atoms with van der Waals surface area (Å²) in [7, 11) is 0. The van der Waals surface area contributed by atoms with Crippen LogP contribution in [0.25, 0.3) is 0 Å². The number of nitrogens with one attached hydrogen (secondary N) is 1. The lowest BCUT2D eigenvalue weighted by molar-refractivity contribution is 0.163. The number of piperazine rings is 1. The Balaban J connectivity index is 0.00000182. The maximum Gasteiger partial charge on any atom is 0.120 e. The molecule has 0 bridgehead atoms. The third-order valence-corrected chi connectivity index (χ3v) is 4.91. The van der Waals surface area contributed by atoms with E-state index in [9.17, 15) is 0 Å². The van der Waals surface area contributed by atoms with Crippen LogP contribution in [0.3, 0.4) is 0 Å². The molecule has 150 valence electrons. The smallest absolute Gasteiger partial charge is 0.120 e. The summed E-state index contributed by atoms with van der Waals surface area (Å²) < 4.78 is 6.04. The Bertz CT molecular complexity index is 633. The number of halogens is 2. The zero-order valence-electron chi connectivity index (χ0n) is 16.1. The molecule has 1 N–H and O–H groups in total. The highest BCUT2D eigenvalue weighted by atomic mass is 35.5. The summed E-state index contributed by atoms with van der Waals surface area (Å²) in [5, 5.41) is 3.46. The van der Waals surface area contributed by atoms with Crippen molar-refractivity contribution in [1.29, 1.82) is 0 Å². The van der Waals surface area contributed by atoms with E-state index in [2.05, 4.69) is 65.7 Å². The summed E-state index contributed by atoms with van der Waals surface area (Å²) in [6.45, 7) is 7.33. The first-order valence-electron chi connectivity index (χ1n) is 9.58. The Kier molecular flexibility index (Phi) is 11.5. The second-order valence-corrected chi connectivity index (χ2v) is 6.79. The summed E-state index contributed by atoms with van der Waals surface area (Å²) >= 11 is 0. The van der Waals surface area contributed by atoms with Crippen molar-refractivity contribution in [2.24, 2.45) is 0 Å². The van der Waals surface area contributed by atoms with Crippen LogP contribution in [-0.4, -0.2) is 31.1 Å². The van der Waals surface area contributed by atoms with Crippen molar-refractivity contribution in [2.75, 3.05) is 26.2 Å². The predicted molar refractivity (Wildman–Crippen MR) is 118 cm³/mol. The summed E-state index contributed by atoms with van der Waals surface area (Å²) in [5.41, 5.74) is 2.60. The van der Waals surface area contributed by atoms with Gasteiger partial charge in [0.1, 0.15) is 12.4 Å². The Morgan fingerprint density at radius 1 is 1.00 bits per heavy atom. The molecule has 0 saturated carbocycles. The van der Waals surface area contributed by atoms with Crippen molar-refractivity contribution in [3.63, 3.8) is 0 Å². The monoisotopic (exact) mass is 410 g/mol. The van der Waals surface area contributed by atoms with Crippen molar-refractivity contribution < 1.29 is 4.74 Å². The average molecular weight is 411 g/mol. The molecular formula is C22H32Cl2N2O. The van der Waals surface area contributed by atoms with E-state index in [0.29, 0.717) is 12.6 Å². The Hall–Kier alpha value is -1.26. The van der Waals surface area contributed by atoms with E-state index in [1.165, 1.54) is 30.4 Å². The fourth-order valence-electron chi connectivity index (χ4n) is 3.50. The Morgan fingerprint density at radius 3 is 2.44 bits per heavy atom. The van der Waals surface area contributed by atoms with E-state index in [1.54, 1.807) is 0 Å². The van der Waals surface area contributed by atoms with Crippen LogP contribution in [0, 0.1) is 0 Å². The summed E-state index contributed by atoms with van der Waals surface area (Å²) in [6, 6.07) is 19.6. The lowest BCUT2D eigenvalue weighted by Gasteiger charge is -2.35. The molecule has 0 unspecified atom stereocenters. The largest absolute Gasteiger partial charge is 0.489 e. The third-order valence-electron chi connectivity index (χ3n) is 4.91. The fraction of sp³-hybridized carbons (Fsp3) is 0.455. The average Bonchev–Trinajstić information content (AvgIpc) is 2.69. The molecule has 0 aliphatic carbocycles. The van der Waals surface area contributed by atoms with Gasteiger partial charge in [-0.1, -0.05) is 62.2 Å². The van der Waals surface area contributed by atoms with Crippen LogP contribution in [0.1, 0.15) is 43.4 Å². The van der Waals surface area contributed by atoms with E-state index in [4.69, 9.17) is 4.74 Å². The van der Waals surface area contributed by atoms with Crippen molar-refractivity contribution in [3.8, 4) is 5.75 Å². The van der Waals surface area contributed by atoms with E-state index < -0.39 is 0 Å². The van der Waals surface area contributed by atoms with Gasteiger partial charge in [0.05, 0.1) is 0 Å². The molecule has 1 fully saturated rings. The lowest BCUT2D eigenvalue weighted by Crippen LogP contribution is -2.45. The van der Waals surface area contributed by atoms with Crippen molar-refractivity contribution in [3.05, 3.63) is 65.7 Å². The summed E-state index contributed by atoms with van der Waals surface area (Å²) in [4.78, 5) is 2.63. The number of benzene rings is 2. The maximum absolute atomic E-state index is 6.04. The molecule has 3 nitrogen and oxygen atoms in total. The zero-order chi connectivity index (χ0) is 17.3. The van der Waals surface area contributed by atoms with E-state index >= 15 is 0 Å². The van der Waals surface area contributed by atoms with Gasteiger partial charge in [0, 0.05) is 32.2 Å². The van der Waals surface area contributed by atoms with Crippen molar-refractivity contribution >= 4 is 24.8 Å². The number of rotatable bonds is 8. The second kappa shape index (κ2) is 13.0. The van der Waals surface area contributed by atoms with Gasteiger partial charge in [-0.25, -0.2) is 0 Å². The SMILES string of the molecule is CCCC[C@@H](c1cccc(OCc2ccccc2)c1)N1CCNCC1.Cl.Cl. The highest BCUT2D eigenvalue weighted by Crippen LogP contribution is 2.29. The second-order valence-electron chi connectivity index (χ2n) is 6.79. The number of hydrogen-bond donors (Lipinski definition) is 1. The van der Waals surface area contributed by atoms with Gasteiger partial charge in [-0.2, -0.15) is 0 Å². The number of nitrogens with zero attached hydrogens (tertiary/aromatic N) is 1. The van der Waals surface area contributed by atoms with E-state index in [1.807, 2.05) is 6.07 Å². The van der Waals surface area contributed by atoms with E-state index in [-0.39, 0.29) is 24.8 Å². The minimum absolute atomic E-state index is 0. The molecule has 2 aromatic carbocycles. The number of hydrogen-bond acceptors (Lipinski definition) is 3. The predicted octanol–water partition coefficient (Wildman–Crippen LogP) is 5.25. The van der Waals surface area contributed by atoms with Crippen LogP contribution in [0.4, 0.5) is 0 Å². The summed E-state index contributed by atoms with van der Waals surface area (Å²) in [6.07, 6.45) is 3.73. The van der Waals surface area contributed by atoms with Gasteiger partial charge in [-0.05, 0) is 29.7 Å². The molecule has 27 heavy (non-hydrogen) atoms. The van der Waals surface area contributed by atoms with Gasteiger partial charge in [-0.3, -0.25) is 4.90 Å². The van der Waals surface area contributed by atoms with Gasteiger partial charge in [0.15, 0.2) is 0 Å².